The molecule has 3 rings (SSSR count). The highest BCUT2D eigenvalue weighted by Gasteiger charge is 2.48. The van der Waals surface area contributed by atoms with E-state index in [1.165, 1.54) is 31.2 Å². The Labute approximate surface area is 91.7 Å². The second-order valence-electron chi connectivity index (χ2n) is 5.48. The van der Waals surface area contributed by atoms with Crippen molar-refractivity contribution in [2.45, 2.75) is 37.6 Å². The van der Waals surface area contributed by atoms with E-state index in [4.69, 9.17) is 5.73 Å². The van der Waals surface area contributed by atoms with Gasteiger partial charge in [0.25, 0.3) is 0 Å². The summed E-state index contributed by atoms with van der Waals surface area (Å²) in [6, 6.07) is 10.7. The van der Waals surface area contributed by atoms with E-state index < -0.39 is 0 Å². The number of fused-ring (bicyclic) bond motifs is 2. The van der Waals surface area contributed by atoms with Crippen molar-refractivity contribution in [1.29, 1.82) is 0 Å². The first-order valence-electron chi connectivity index (χ1n) is 6.09. The van der Waals surface area contributed by atoms with Gasteiger partial charge in [0.1, 0.15) is 0 Å². The number of benzene rings is 1. The summed E-state index contributed by atoms with van der Waals surface area (Å²) in [6.07, 6.45) is 6.53. The Kier molecular flexibility index (Phi) is 2.10. The standard InChI is InChI=1S/C14H19N/c15-14(9-11-4-2-1-3-5-11)10-12-6-7-13(14)8-12/h1-5,12-13H,6-10,15H2. The predicted molar refractivity (Wildman–Crippen MR) is 62.5 cm³/mol. The van der Waals surface area contributed by atoms with Crippen molar-refractivity contribution in [1.82, 2.24) is 0 Å². The fourth-order valence-electron chi connectivity index (χ4n) is 3.68. The van der Waals surface area contributed by atoms with Crippen LogP contribution >= 0.6 is 0 Å². The van der Waals surface area contributed by atoms with Gasteiger partial charge in [-0.05, 0) is 43.1 Å². The van der Waals surface area contributed by atoms with Gasteiger partial charge < -0.3 is 5.73 Å². The van der Waals surface area contributed by atoms with Crippen LogP contribution in [0.4, 0.5) is 0 Å². The van der Waals surface area contributed by atoms with E-state index in [1.54, 1.807) is 0 Å². The van der Waals surface area contributed by atoms with Gasteiger partial charge in [-0.3, -0.25) is 0 Å². The van der Waals surface area contributed by atoms with E-state index in [2.05, 4.69) is 30.3 Å². The zero-order chi connectivity index (χ0) is 10.3. The quantitative estimate of drug-likeness (QED) is 0.782. The first-order chi connectivity index (χ1) is 7.26. The highest BCUT2D eigenvalue weighted by Crippen LogP contribution is 2.50. The minimum atomic E-state index is 0.115. The van der Waals surface area contributed by atoms with Gasteiger partial charge in [-0.25, -0.2) is 0 Å². The molecule has 80 valence electrons. The number of hydrogen-bond donors (Lipinski definition) is 1. The topological polar surface area (TPSA) is 26.0 Å². The molecule has 0 spiro atoms. The Morgan fingerprint density at radius 1 is 1.20 bits per heavy atom. The molecule has 2 saturated carbocycles. The zero-order valence-electron chi connectivity index (χ0n) is 9.15. The summed E-state index contributed by atoms with van der Waals surface area (Å²) >= 11 is 0. The molecule has 0 amide bonds. The Morgan fingerprint density at radius 2 is 2.00 bits per heavy atom. The molecule has 0 saturated heterocycles. The molecule has 3 unspecified atom stereocenters. The number of hydrogen-bond acceptors (Lipinski definition) is 1. The van der Waals surface area contributed by atoms with Gasteiger partial charge in [0.05, 0.1) is 0 Å². The van der Waals surface area contributed by atoms with Gasteiger partial charge >= 0.3 is 0 Å². The summed E-state index contributed by atoms with van der Waals surface area (Å²) in [5, 5.41) is 0. The fraction of sp³-hybridized carbons (Fsp3) is 0.571. The third kappa shape index (κ3) is 1.59. The molecule has 2 aliphatic rings. The third-order valence-corrected chi connectivity index (χ3v) is 4.40. The highest BCUT2D eigenvalue weighted by atomic mass is 14.8. The molecule has 0 aromatic heterocycles. The van der Waals surface area contributed by atoms with Crippen LogP contribution in [0.2, 0.25) is 0 Å². The van der Waals surface area contributed by atoms with Crippen molar-refractivity contribution in [2.24, 2.45) is 17.6 Å². The molecular weight excluding hydrogens is 182 g/mol. The van der Waals surface area contributed by atoms with E-state index in [1.807, 2.05) is 0 Å². The summed E-state index contributed by atoms with van der Waals surface area (Å²) in [5.41, 5.74) is 8.10. The summed E-state index contributed by atoms with van der Waals surface area (Å²) in [7, 11) is 0. The van der Waals surface area contributed by atoms with Crippen LogP contribution in [-0.4, -0.2) is 5.54 Å². The fourth-order valence-corrected chi connectivity index (χ4v) is 3.68. The Hall–Kier alpha value is -0.820. The molecule has 0 heterocycles. The molecule has 2 aliphatic carbocycles. The van der Waals surface area contributed by atoms with Gasteiger partial charge in [-0.1, -0.05) is 36.8 Å². The smallest absolute Gasteiger partial charge is 0.0226 e. The minimum absolute atomic E-state index is 0.115. The van der Waals surface area contributed by atoms with Crippen molar-refractivity contribution in [3.8, 4) is 0 Å². The third-order valence-electron chi connectivity index (χ3n) is 4.40. The zero-order valence-corrected chi connectivity index (χ0v) is 9.15. The first-order valence-corrected chi connectivity index (χ1v) is 6.09. The normalized spacial score (nSPS) is 38.5. The molecule has 15 heavy (non-hydrogen) atoms. The lowest BCUT2D eigenvalue weighted by molar-refractivity contribution is 0.269. The monoisotopic (exact) mass is 201 g/mol. The molecule has 1 nitrogen and oxygen atoms in total. The van der Waals surface area contributed by atoms with Gasteiger partial charge in [-0.2, -0.15) is 0 Å². The van der Waals surface area contributed by atoms with Crippen molar-refractivity contribution in [2.75, 3.05) is 0 Å². The van der Waals surface area contributed by atoms with Gasteiger partial charge in [0.15, 0.2) is 0 Å². The lowest BCUT2D eigenvalue weighted by Crippen LogP contribution is -2.46. The SMILES string of the molecule is NC1(Cc2ccccc2)CC2CCC1C2. The average molecular weight is 201 g/mol. The van der Waals surface area contributed by atoms with Crippen LogP contribution in [0.1, 0.15) is 31.2 Å². The molecule has 2 N–H and O–H groups in total. The van der Waals surface area contributed by atoms with E-state index in [-0.39, 0.29) is 5.54 Å². The van der Waals surface area contributed by atoms with Crippen molar-refractivity contribution < 1.29 is 0 Å². The molecule has 1 aromatic carbocycles. The second-order valence-corrected chi connectivity index (χ2v) is 5.48. The van der Waals surface area contributed by atoms with Crippen LogP contribution in [-0.2, 0) is 6.42 Å². The highest BCUT2D eigenvalue weighted by molar-refractivity contribution is 5.20. The van der Waals surface area contributed by atoms with Gasteiger partial charge in [0.2, 0.25) is 0 Å². The molecule has 0 radical (unpaired) electrons. The van der Waals surface area contributed by atoms with E-state index in [0.717, 1.165) is 18.3 Å². The van der Waals surface area contributed by atoms with Crippen LogP contribution in [0.3, 0.4) is 0 Å². The van der Waals surface area contributed by atoms with E-state index in [9.17, 15) is 0 Å². The lowest BCUT2D eigenvalue weighted by atomic mass is 9.77. The van der Waals surface area contributed by atoms with Crippen LogP contribution in [0.25, 0.3) is 0 Å². The first kappa shape index (κ1) is 9.41. The molecule has 2 fully saturated rings. The molecular formula is C14H19N. The maximum Gasteiger partial charge on any atom is 0.0226 e. The van der Waals surface area contributed by atoms with Crippen LogP contribution in [0.15, 0.2) is 30.3 Å². The van der Waals surface area contributed by atoms with Gasteiger partial charge in [-0.15, -0.1) is 0 Å². The maximum atomic E-state index is 6.58. The number of nitrogens with two attached hydrogens (primary N) is 1. The number of rotatable bonds is 2. The Balaban J connectivity index is 1.78. The van der Waals surface area contributed by atoms with E-state index >= 15 is 0 Å². The average Bonchev–Trinajstić information content (AvgIpc) is 2.78. The molecule has 2 bridgehead atoms. The van der Waals surface area contributed by atoms with Crippen LogP contribution in [0.5, 0.6) is 0 Å². The van der Waals surface area contributed by atoms with Crippen LogP contribution in [0, 0.1) is 11.8 Å². The summed E-state index contributed by atoms with van der Waals surface area (Å²) in [4.78, 5) is 0. The maximum absolute atomic E-state index is 6.58. The molecule has 3 atom stereocenters. The van der Waals surface area contributed by atoms with Crippen molar-refractivity contribution in [3.63, 3.8) is 0 Å². The lowest BCUT2D eigenvalue weighted by Gasteiger charge is -2.34. The molecule has 0 aliphatic heterocycles. The summed E-state index contributed by atoms with van der Waals surface area (Å²) in [5.74, 6) is 1.73. The van der Waals surface area contributed by atoms with Crippen molar-refractivity contribution in [3.05, 3.63) is 35.9 Å². The van der Waals surface area contributed by atoms with Crippen molar-refractivity contribution >= 4 is 0 Å². The molecule has 1 heteroatoms. The van der Waals surface area contributed by atoms with Gasteiger partial charge in [0, 0.05) is 5.54 Å². The summed E-state index contributed by atoms with van der Waals surface area (Å²) < 4.78 is 0. The Bertz CT molecular complexity index is 346. The Morgan fingerprint density at radius 3 is 2.60 bits per heavy atom. The van der Waals surface area contributed by atoms with Crippen LogP contribution < -0.4 is 5.73 Å². The minimum Gasteiger partial charge on any atom is -0.325 e. The molecule has 1 aromatic rings. The second kappa shape index (κ2) is 3.34. The van der Waals surface area contributed by atoms with E-state index in [0.29, 0.717) is 0 Å². The predicted octanol–water partition coefficient (Wildman–Crippen LogP) is 2.75. The largest absolute Gasteiger partial charge is 0.325 e. The summed E-state index contributed by atoms with van der Waals surface area (Å²) in [6.45, 7) is 0.